The quantitative estimate of drug-likeness (QED) is 0.306. The summed E-state index contributed by atoms with van der Waals surface area (Å²) in [6, 6.07) is 16.3. The summed E-state index contributed by atoms with van der Waals surface area (Å²) in [5.41, 5.74) is 3.14. The van der Waals surface area contributed by atoms with Crippen LogP contribution in [0.25, 0.3) is 22.2 Å². The molecule has 38 heavy (non-hydrogen) atoms. The largest absolute Gasteiger partial charge is 0.480 e. The summed E-state index contributed by atoms with van der Waals surface area (Å²) in [6.45, 7) is 1.71. The normalized spacial score (nSPS) is 13.6. The summed E-state index contributed by atoms with van der Waals surface area (Å²) in [4.78, 5) is 31.0. The molecule has 0 spiro atoms. The Hall–Kier alpha value is -4.14. The zero-order valence-corrected chi connectivity index (χ0v) is 20.7. The summed E-state index contributed by atoms with van der Waals surface area (Å²) in [7, 11) is 0. The molecule has 1 amide bonds. The van der Waals surface area contributed by atoms with E-state index in [9.17, 15) is 27.9 Å². The number of nitrogens with zero attached hydrogens (tertiary/aromatic N) is 3. The molecule has 0 radical (unpaired) electrons. The van der Waals surface area contributed by atoms with E-state index >= 15 is 0 Å². The Morgan fingerprint density at radius 3 is 2.42 bits per heavy atom. The Bertz CT molecular complexity index is 1510. The Labute approximate surface area is 217 Å². The number of aliphatic carboxylic acids is 1. The first kappa shape index (κ1) is 25.5. The number of rotatable bonds is 8. The van der Waals surface area contributed by atoms with Gasteiger partial charge in [0.2, 0.25) is 5.91 Å². The lowest BCUT2D eigenvalue weighted by molar-refractivity contribution is -0.138. The van der Waals surface area contributed by atoms with Crippen molar-refractivity contribution in [1.29, 1.82) is 0 Å². The second-order valence-corrected chi connectivity index (χ2v) is 9.71. The van der Waals surface area contributed by atoms with Crippen molar-refractivity contribution in [1.82, 2.24) is 14.5 Å². The molecule has 9 heteroatoms. The molecule has 1 N–H and O–H groups in total. The minimum Gasteiger partial charge on any atom is -0.480 e. The summed E-state index contributed by atoms with van der Waals surface area (Å²) >= 11 is 0. The first-order valence-corrected chi connectivity index (χ1v) is 12.3. The second-order valence-electron chi connectivity index (χ2n) is 9.71. The number of pyridine rings is 1. The van der Waals surface area contributed by atoms with E-state index in [-0.39, 0.29) is 31.5 Å². The molecule has 4 aromatic rings. The van der Waals surface area contributed by atoms with Crippen molar-refractivity contribution in [3.05, 3.63) is 89.2 Å². The van der Waals surface area contributed by atoms with Crippen LogP contribution in [0.4, 0.5) is 13.2 Å². The maximum atomic E-state index is 13.8. The molecular weight excluding hydrogens is 495 g/mol. The molecule has 1 aliphatic carbocycles. The van der Waals surface area contributed by atoms with Crippen LogP contribution >= 0.6 is 0 Å². The van der Waals surface area contributed by atoms with Crippen molar-refractivity contribution < 1.29 is 27.9 Å². The van der Waals surface area contributed by atoms with Gasteiger partial charge in [-0.15, -0.1) is 0 Å². The van der Waals surface area contributed by atoms with Crippen LogP contribution in [0.2, 0.25) is 0 Å². The van der Waals surface area contributed by atoms with Crippen LogP contribution in [-0.2, 0) is 35.4 Å². The summed E-state index contributed by atoms with van der Waals surface area (Å²) < 4.78 is 42.8. The minimum atomic E-state index is -4.57. The lowest BCUT2D eigenvalue weighted by atomic mass is 9.97. The maximum absolute atomic E-state index is 13.8. The predicted molar refractivity (Wildman–Crippen MR) is 136 cm³/mol. The third-order valence-electron chi connectivity index (χ3n) is 6.71. The number of carbonyl (C=O) groups is 2. The average Bonchev–Trinajstić information content (AvgIpc) is 3.66. The highest BCUT2D eigenvalue weighted by molar-refractivity contribution is 5.95. The summed E-state index contributed by atoms with van der Waals surface area (Å²) in [6.07, 6.45) is -1.41. The molecule has 5 rings (SSSR count). The minimum absolute atomic E-state index is 0.0269. The second kappa shape index (κ2) is 9.96. The molecule has 2 aromatic carbocycles. The van der Waals surface area contributed by atoms with Crippen LogP contribution < -0.4 is 0 Å². The van der Waals surface area contributed by atoms with Gasteiger partial charge in [-0.1, -0.05) is 36.4 Å². The van der Waals surface area contributed by atoms with Crippen LogP contribution in [0.15, 0.2) is 66.9 Å². The molecule has 196 valence electrons. The van der Waals surface area contributed by atoms with Gasteiger partial charge in [0, 0.05) is 36.5 Å². The van der Waals surface area contributed by atoms with Gasteiger partial charge in [-0.2, -0.15) is 13.2 Å². The van der Waals surface area contributed by atoms with Crippen molar-refractivity contribution in [2.24, 2.45) is 5.92 Å². The standard InChI is InChI=1S/C29H26F3N3O3/c1-18-7-12-25-27(33-18)24(16-34(25)17-26(36)37)23-11-10-22(29(30,31)32)13-21(23)15-35(28(38)20-8-9-20)14-19-5-3-2-4-6-19/h2-7,10-13,16,20H,8-9,14-15,17H2,1H3,(H,36,37). The van der Waals surface area contributed by atoms with E-state index in [0.717, 1.165) is 30.5 Å². The predicted octanol–water partition coefficient (Wildman–Crippen LogP) is 6.05. The van der Waals surface area contributed by atoms with Crippen LogP contribution in [0.5, 0.6) is 0 Å². The Kier molecular flexibility index (Phi) is 6.69. The number of benzene rings is 2. The van der Waals surface area contributed by atoms with Gasteiger partial charge in [0.25, 0.3) is 0 Å². The lowest BCUT2D eigenvalue weighted by Crippen LogP contribution is -2.31. The van der Waals surface area contributed by atoms with Crippen LogP contribution in [0.1, 0.15) is 35.2 Å². The lowest BCUT2D eigenvalue weighted by Gasteiger charge is -2.25. The monoisotopic (exact) mass is 521 g/mol. The third kappa shape index (κ3) is 5.41. The zero-order valence-electron chi connectivity index (χ0n) is 20.7. The van der Waals surface area contributed by atoms with Gasteiger partial charge in [0.05, 0.1) is 16.6 Å². The fraction of sp³-hybridized carbons (Fsp3) is 0.276. The third-order valence-corrected chi connectivity index (χ3v) is 6.71. The molecule has 0 saturated heterocycles. The number of halogens is 3. The summed E-state index contributed by atoms with van der Waals surface area (Å²) in [5.74, 6) is -1.25. The van der Waals surface area contributed by atoms with Gasteiger partial charge in [-0.3, -0.25) is 14.6 Å². The van der Waals surface area contributed by atoms with Gasteiger partial charge in [0.15, 0.2) is 0 Å². The van der Waals surface area contributed by atoms with E-state index in [1.807, 2.05) is 30.3 Å². The topological polar surface area (TPSA) is 75.4 Å². The number of aryl methyl sites for hydroxylation is 1. The summed E-state index contributed by atoms with van der Waals surface area (Å²) in [5, 5.41) is 9.41. The molecule has 2 heterocycles. The molecule has 1 fully saturated rings. The van der Waals surface area contributed by atoms with Crippen LogP contribution in [0, 0.1) is 12.8 Å². The van der Waals surface area contributed by atoms with E-state index in [2.05, 4.69) is 4.98 Å². The highest BCUT2D eigenvalue weighted by Crippen LogP contribution is 2.38. The SMILES string of the molecule is Cc1ccc2c(n1)c(-c1ccc(C(F)(F)F)cc1CN(Cc1ccccc1)C(=O)C1CC1)cn2CC(=O)O. The number of carboxylic acid groups (broad SMARTS) is 1. The highest BCUT2D eigenvalue weighted by atomic mass is 19.4. The fourth-order valence-corrected chi connectivity index (χ4v) is 4.71. The molecule has 2 aromatic heterocycles. The van der Waals surface area contributed by atoms with Crippen molar-refractivity contribution >= 4 is 22.9 Å². The van der Waals surface area contributed by atoms with E-state index in [1.54, 1.807) is 30.2 Å². The molecule has 0 unspecified atom stereocenters. The van der Waals surface area contributed by atoms with Gasteiger partial charge in [-0.25, -0.2) is 0 Å². The van der Waals surface area contributed by atoms with Gasteiger partial charge < -0.3 is 14.6 Å². The molecule has 0 aliphatic heterocycles. The average molecular weight is 522 g/mol. The van der Waals surface area contributed by atoms with Gasteiger partial charge >= 0.3 is 12.1 Å². The van der Waals surface area contributed by atoms with Crippen molar-refractivity contribution in [3.8, 4) is 11.1 Å². The van der Waals surface area contributed by atoms with Crippen LogP contribution in [-0.4, -0.2) is 31.4 Å². The molecular formula is C29H26F3N3O3. The number of carbonyl (C=O) groups excluding carboxylic acids is 1. The fourth-order valence-electron chi connectivity index (χ4n) is 4.71. The van der Waals surface area contributed by atoms with E-state index in [4.69, 9.17) is 0 Å². The van der Waals surface area contributed by atoms with Gasteiger partial charge in [0.1, 0.15) is 6.54 Å². The highest BCUT2D eigenvalue weighted by Gasteiger charge is 2.35. The Morgan fingerprint density at radius 2 is 1.76 bits per heavy atom. The number of aromatic nitrogens is 2. The Balaban J connectivity index is 1.64. The van der Waals surface area contributed by atoms with Crippen molar-refractivity contribution in [2.75, 3.05) is 0 Å². The number of hydrogen-bond donors (Lipinski definition) is 1. The molecule has 1 saturated carbocycles. The Morgan fingerprint density at radius 1 is 1.03 bits per heavy atom. The number of fused-ring (bicyclic) bond motifs is 1. The van der Waals surface area contributed by atoms with Crippen LogP contribution in [0.3, 0.4) is 0 Å². The zero-order chi connectivity index (χ0) is 27.0. The number of carboxylic acids is 1. The van der Waals surface area contributed by atoms with Crippen molar-refractivity contribution in [2.45, 2.75) is 45.6 Å². The molecule has 0 atom stereocenters. The molecule has 1 aliphatic rings. The number of amides is 1. The van der Waals surface area contributed by atoms with Gasteiger partial charge in [-0.05, 0) is 60.7 Å². The maximum Gasteiger partial charge on any atom is 0.416 e. The number of alkyl halides is 3. The smallest absolute Gasteiger partial charge is 0.416 e. The first-order chi connectivity index (χ1) is 18.1. The molecule has 6 nitrogen and oxygen atoms in total. The van der Waals surface area contributed by atoms with E-state index < -0.39 is 17.7 Å². The van der Waals surface area contributed by atoms with E-state index in [0.29, 0.717) is 33.4 Å². The van der Waals surface area contributed by atoms with E-state index in [1.165, 1.54) is 10.6 Å². The van der Waals surface area contributed by atoms with Crippen molar-refractivity contribution in [3.63, 3.8) is 0 Å². The first-order valence-electron chi connectivity index (χ1n) is 12.3. The molecule has 0 bridgehead atoms. The number of hydrogen-bond acceptors (Lipinski definition) is 3.